The first kappa shape index (κ1) is 15.5. The summed E-state index contributed by atoms with van der Waals surface area (Å²) in [6.07, 6.45) is 2.38. The highest BCUT2D eigenvalue weighted by Gasteiger charge is 2.21. The molecule has 1 aliphatic heterocycles. The summed E-state index contributed by atoms with van der Waals surface area (Å²) >= 11 is 3.48. The molecule has 1 fully saturated rings. The van der Waals surface area contributed by atoms with Crippen LogP contribution in [0.3, 0.4) is 0 Å². The predicted molar refractivity (Wildman–Crippen MR) is 83.1 cm³/mol. The molecule has 0 unspecified atom stereocenters. The zero-order chi connectivity index (χ0) is 14.7. The van der Waals surface area contributed by atoms with Crippen LogP contribution in [0.25, 0.3) is 0 Å². The van der Waals surface area contributed by atoms with Crippen molar-refractivity contribution in [2.24, 2.45) is 0 Å². The van der Waals surface area contributed by atoms with Crippen molar-refractivity contribution in [3.05, 3.63) is 33.8 Å². The molecule has 1 heterocycles. The Morgan fingerprint density at radius 2 is 2.05 bits per heavy atom. The van der Waals surface area contributed by atoms with Gasteiger partial charge in [0.1, 0.15) is 0 Å². The van der Waals surface area contributed by atoms with Gasteiger partial charge in [-0.05, 0) is 57.7 Å². The van der Waals surface area contributed by atoms with Gasteiger partial charge >= 0.3 is 5.97 Å². The van der Waals surface area contributed by atoms with E-state index in [0.717, 1.165) is 29.7 Å². The van der Waals surface area contributed by atoms with Gasteiger partial charge in [-0.3, -0.25) is 4.90 Å². The van der Waals surface area contributed by atoms with E-state index in [1.54, 1.807) is 12.1 Å². The second kappa shape index (κ2) is 6.70. The molecule has 0 spiro atoms. The molecule has 110 valence electrons. The third-order valence-corrected chi connectivity index (χ3v) is 4.72. The molecular formula is C15H21BrN2O2. The molecule has 0 saturated carbocycles. The van der Waals surface area contributed by atoms with Crippen LogP contribution < -0.4 is 0 Å². The SMILES string of the molecule is CN(C)C1CCN(Cc2ccc(C(=O)O)cc2Br)CC1. The van der Waals surface area contributed by atoms with Crippen molar-refractivity contribution < 1.29 is 9.90 Å². The fraction of sp³-hybridized carbons (Fsp3) is 0.533. The Balaban J connectivity index is 1.96. The highest BCUT2D eigenvalue weighted by atomic mass is 79.9. The largest absolute Gasteiger partial charge is 0.478 e. The van der Waals surface area contributed by atoms with E-state index in [4.69, 9.17) is 5.11 Å². The highest BCUT2D eigenvalue weighted by Crippen LogP contribution is 2.23. The van der Waals surface area contributed by atoms with E-state index in [-0.39, 0.29) is 0 Å². The van der Waals surface area contributed by atoms with Gasteiger partial charge in [-0.15, -0.1) is 0 Å². The van der Waals surface area contributed by atoms with Crippen molar-refractivity contribution in [2.45, 2.75) is 25.4 Å². The number of hydrogen-bond donors (Lipinski definition) is 1. The molecule has 0 aromatic heterocycles. The van der Waals surface area contributed by atoms with Crippen LogP contribution in [0.15, 0.2) is 22.7 Å². The Hall–Kier alpha value is -0.910. The van der Waals surface area contributed by atoms with Gasteiger partial charge in [0.25, 0.3) is 0 Å². The fourth-order valence-electron chi connectivity index (χ4n) is 2.64. The number of aromatic carboxylic acids is 1. The van der Waals surface area contributed by atoms with Crippen LogP contribution in [0.5, 0.6) is 0 Å². The van der Waals surface area contributed by atoms with Crippen LogP contribution in [0.4, 0.5) is 0 Å². The first-order valence-electron chi connectivity index (χ1n) is 6.88. The molecule has 1 aromatic rings. The predicted octanol–water partition coefficient (Wildman–Crippen LogP) is 2.67. The third kappa shape index (κ3) is 3.81. The van der Waals surface area contributed by atoms with Gasteiger partial charge < -0.3 is 10.0 Å². The summed E-state index contributed by atoms with van der Waals surface area (Å²) in [7, 11) is 4.28. The van der Waals surface area contributed by atoms with E-state index in [1.165, 1.54) is 12.8 Å². The molecule has 1 saturated heterocycles. The van der Waals surface area contributed by atoms with Crippen molar-refractivity contribution in [3.63, 3.8) is 0 Å². The minimum absolute atomic E-state index is 0.326. The standard InChI is InChI=1S/C15H21BrN2O2/c1-17(2)13-5-7-18(8-6-13)10-12-4-3-11(15(19)20)9-14(12)16/h3-4,9,13H,5-8,10H2,1-2H3,(H,19,20). The molecule has 1 N–H and O–H groups in total. The summed E-state index contributed by atoms with van der Waals surface area (Å²) in [5.74, 6) is -0.885. The number of carboxylic acids is 1. The van der Waals surface area contributed by atoms with Crippen molar-refractivity contribution in [1.29, 1.82) is 0 Å². The van der Waals surface area contributed by atoms with Gasteiger partial charge in [-0.1, -0.05) is 22.0 Å². The van der Waals surface area contributed by atoms with Gasteiger partial charge in [0.2, 0.25) is 0 Å². The number of piperidine rings is 1. The Labute approximate surface area is 128 Å². The van der Waals surface area contributed by atoms with Gasteiger partial charge in [-0.2, -0.15) is 0 Å². The van der Waals surface area contributed by atoms with Crippen molar-refractivity contribution in [2.75, 3.05) is 27.2 Å². The van der Waals surface area contributed by atoms with E-state index >= 15 is 0 Å². The fourth-order valence-corrected chi connectivity index (χ4v) is 3.15. The lowest BCUT2D eigenvalue weighted by molar-refractivity contribution is 0.0696. The van der Waals surface area contributed by atoms with Crippen LogP contribution in [0.1, 0.15) is 28.8 Å². The lowest BCUT2D eigenvalue weighted by Gasteiger charge is -2.35. The zero-order valence-electron chi connectivity index (χ0n) is 12.0. The third-order valence-electron chi connectivity index (χ3n) is 3.98. The van der Waals surface area contributed by atoms with E-state index in [0.29, 0.717) is 11.6 Å². The topological polar surface area (TPSA) is 43.8 Å². The first-order valence-corrected chi connectivity index (χ1v) is 7.67. The second-order valence-electron chi connectivity index (χ2n) is 5.58. The Kier molecular flexibility index (Phi) is 5.18. The maximum Gasteiger partial charge on any atom is 0.335 e. The maximum atomic E-state index is 10.9. The summed E-state index contributed by atoms with van der Waals surface area (Å²) in [4.78, 5) is 15.7. The van der Waals surface area contributed by atoms with Gasteiger partial charge in [0.15, 0.2) is 0 Å². The number of likely N-dealkylation sites (tertiary alicyclic amines) is 1. The van der Waals surface area contributed by atoms with E-state index in [1.807, 2.05) is 6.07 Å². The van der Waals surface area contributed by atoms with E-state index < -0.39 is 5.97 Å². The number of hydrogen-bond acceptors (Lipinski definition) is 3. The molecule has 0 atom stereocenters. The molecule has 0 bridgehead atoms. The summed E-state index contributed by atoms with van der Waals surface area (Å²) in [5.41, 5.74) is 1.48. The van der Waals surface area contributed by atoms with Gasteiger partial charge in [0, 0.05) is 17.1 Å². The number of nitrogens with zero attached hydrogens (tertiary/aromatic N) is 2. The number of carboxylic acid groups (broad SMARTS) is 1. The van der Waals surface area contributed by atoms with Gasteiger partial charge in [0.05, 0.1) is 5.56 Å². The van der Waals surface area contributed by atoms with E-state index in [2.05, 4.69) is 39.8 Å². The lowest BCUT2D eigenvalue weighted by atomic mass is 10.0. The molecule has 1 aliphatic rings. The van der Waals surface area contributed by atoms with Crippen LogP contribution in [-0.4, -0.2) is 54.1 Å². The Bertz CT molecular complexity index is 483. The van der Waals surface area contributed by atoms with E-state index in [9.17, 15) is 4.79 Å². The molecule has 0 radical (unpaired) electrons. The highest BCUT2D eigenvalue weighted by molar-refractivity contribution is 9.10. The number of carbonyl (C=O) groups is 1. The first-order chi connectivity index (χ1) is 9.47. The van der Waals surface area contributed by atoms with Crippen LogP contribution >= 0.6 is 15.9 Å². The molecule has 20 heavy (non-hydrogen) atoms. The summed E-state index contributed by atoms with van der Waals surface area (Å²) in [5, 5.41) is 8.97. The Morgan fingerprint density at radius 3 is 2.55 bits per heavy atom. The van der Waals surface area contributed by atoms with Crippen molar-refractivity contribution in [3.8, 4) is 0 Å². The van der Waals surface area contributed by atoms with Gasteiger partial charge in [-0.25, -0.2) is 4.79 Å². The molecule has 0 amide bonds. The number of halogens is 1. The summed E-state index contributed by atoms with van der Waals surface area (Å²) < 4.78 is 0.882. The van der Waals surface area contributed by atoms with Crippen LogP contribution in [-0.2, 0) is 6.54 Å². The molecule has 1 aromatic carbocycles. The van der Waals surface area contributed by atoms with Crippen molar-refractivity contribution in [1.82, 2.24) is 9.80 Å². The molecular weight excluding hydrogens is 320 g/mol. The molecule has 2 rings (SSSR count). The monoisotopic (exact) mass is 340 g/mol. The van der Waals surface area contributed by atoms with Crippen LogP contribution in [0, 0.1) is 0 Å². The average molecular weight is 341 g/mol. The Morgan fingerprint density at radius 1 is 1.40 bits per heavy atom. The lowest BCUT2D eigenvalue weighted by Crippen LogP contribution is -2.41. The minimum atomic E-state index is -0.885. The van der Waals surface area contributed by atoms with Crippen LogP contribution in [0.2, 0.25) is 0 Å². The van der Waals surface area contributed by atoms with Crippen molar-refractivity contribution >= 4 is 21.9 Å². The molecule has 4 nitrogen and oxygen atoms in total. The quantitative estimate of drug-likeness (QED) is 0.915. The normalized spacial score (nSPS) is 17.6. The summed E-state index contributed by atoms with van der Waals surface area (Å²) in [6, 6.07) is 5.95. The summed E-state index contributed by atoms with van der Waals surface area (Å²) in [6.45, 7) is 3.06. The number of benzene rings is 1. The maximum absolute atomic E-state index is 10.9. The number of rotatable bonds is 4. The average Bonchev–Trinajstić information content (AvgIpc) is 2.41. The smallest absolute Gasteiger partial charge is 0.335 e. The molecule has 5 heteroatoms. The minimum Gasteiger partial charge on any atom is -0.478 e. The molecule has 0 aliphatic carbocycles. The zero-order valence-corrected chi connectivity index (χ0v) is 13.6. The second-order valence-corrected chi connectivity index (χ2v) is 6.44.